The van der Waals surface area contributed by atoms with E-state index in [4.69, 9.17) is 14.5 Å². The van der Waals surface area contributed by atoms with Crippen LogP contribution < -0.4 is 4.74 Å². The van der Waals surface area contributed by atoms with Crippen LogP contribution in [0.15, 0.2) is 18.5 Å². The van der Waals surface area contributed by atoms with Crippen molar-refractivity contribution in [3.05, 3.63) is 29.7 Å². The lowest BCUT2D eigenvalue weighted by Gasteiger charge is -2.31. The predicted molar refractivity (Wildman–Crippen MR) is 130 cm³/mol. The number of aliphatic hydroxyl groups is 1. The highest BCUT2D eigenvalue weighted by atomic mass is 16.5. The van der Waals surface area contributed by atoms with E-state index >= 15 is 0 Å². The van der Waals surface area contributed by atoms with Crippen LogP contribution in [0.2, 0.25) is 0 Å². The van der Waals surface area contributed by atoms with Crippen molar-refractivity contribution in [2.75, 3.05) is 20.3 Å². The van der Waals surface area contributed by atoms with Gasteiger partial charge in [-0.1, -0.05) is 5.21 Å². The van der Waals surface area contributed by atoms with Crippen molar-refractivity contribution in [2.24, 2.45) is 13.0 Å². The maximum atomic E-state index is 11.1. The van der Waals surface area contributed by atoms with Gasteiger partial charge >= 0.3 is 0 Å². The molecule has 9 heteroatoms. The molecule has 0 aliphatic carbocycles. The Hall–Kier alpha value is -3.04. The smallest absolute Gasteiger partial charge is 0.224 e. The van der Waals surface area contributed by atoms with Crippen molar-refractivity contribution >= 4 is 21.9 Å². The number of pyridine rings is 2. The normalized spacial score (nSPS) is 16.4. The van der Waals surface area contributed by atoms with Crippen molar-refractivity contribution in [3.63, 3.8) is 0 Å². The minimum atomic E-state index is -1.09. The van der Waals surface area contributed by atoms with Gasteiger partial charge in [0.2, 0.25) is 5.88 Å². The van der Waals surface area contributed by atoms with E-state index in [2.05, 4.69) is 32.9 Å². The zero-order chi connectivity index (χ0) is 24.2. The molecule has 5 heterocycles. The molecule has 5 rings (SSSR count). The Bertz CT molecular complexity index is 1340. The zero-order valence-corrected chi connectivity index (χ0v) is 20.7. The molecule has 1 saturated heterocycles. The van der Waals surface area contributed by atoms with Crippen LogP contribution in [0.4, 0.5) is 0 Å². The molecule has 0 aromatic carbocycles. The summed E-state index contributed by atoms with van der Waals surface area (Å²) in [7, 11) is 3.51. The molecule has 0 unspecified atom stereocenters. The van der Waals surface area contributed by atoms with Gasteiger partial charge in [0.15, 0.2) is 0 Å². The van der Waals surface area contributed by atoms with Crippen LogP contribution in [0.1, 0.15) is 50.9 Å². The Balaban J connectivity index is 1.88. The Morgan fingerprint density at radius 3 is 2.56 bits per heavy atom. The van der Waals surface area contributed by atoms with Gasteiger partial charge in [0, 0.05) is 49.8 Å². The van der Waals surface area contributed by atoms with Gasteiger partial charge in [-0.25, -0.2) is 9.67 Å². The first-order chi connectivity index (χ1) is 16.2. The number of hydrogen-bond acceptors (Lipinski definition) is 7. The summed E-state index contributed by atoms with van der Waals surface area (Å²) >= 11 is 0. The fourth-order valence-electron chi connectivity index (χ4n) is 5.32. The van der Waals surface area contributed by atoms with Crippen LogP contribution >= 0.6 is 0 Å². The first kappa shape index (κ1) is 22.7. The van der Waals surface area contributed by atoms with Gasteiger partial charge in [-0.05, 0) is 52.5 Å². The zero-order valence-electron chi connectivity index (χ0n) is 20.7. The second-order valence-corrected chi connectivity index (χ2v) is 9.76. The van der Waals surface area contributed by atoms with Crippen molar-refractivity contribution in [2.45, 2.75) is 52.2 Å². The van der Waals surface area contributed by atoms with E-state index in [1.165, 1.54) is 0 Å². The van der Waals surface area contributed by atoms with Crippen LogP contribution in [0.3, 0.4) is 0 Å². The highest BCUT2D eigenvalue weighted by molar-refractivity contribution is 6.10. The van der Waals surface area contributed by atoms with Gasteiger partial charge in [-0.15, -0.1) is 5.10 Å². The molecule has 1 aliphatic heterocycles. The Kier molecular flexibility index (Phi) is 5.56. The molecule has 0 amide bonds. The van der Waals surface area contributed by atoms with E-state index < -0.39 is 5.60 Å². The van der Waals surface area contributed by atoms with Gasteiger partial charge < -0.3 is 19.1 Å². The number of nitrogens with zero attached hydrogens (tertiary/aromatic N) is 6. The number of rotatable bonds is 5. The van der Waals surface area contributed by atoms with E-state index in [1.807, 2.05) is 20.2 Å². The molecule has 0 radical (unpaired) electrons. The summed E-state index contributed by atoms with van der Waals surface area (Å²) in [5.74, 6) is 0.940. The Labute approximate surface area is 198 Å². The van der Waals surface area contributed by atoms with Crippen molar-refractivity contribution in [3.8, 4) is 17.1 Å². The third-order valence-electron chi connectivity index (χ3n) is 7.10. The molecule has 1 atom stereocenters. The van der Waals surface area contributed by atoms with Crippen LogP contribution in [0, 0.1) is 12.8 Å². The van der Waals surface area contributed by atoms with Crippen LogP contribution in [-0.4, -0.2) is 55.0 Å². The lowest BCUT2D eigenvalue weighted by Crippen LogP contribution is -2.25. The highest BCUT2D eigenvalue weighted by Gasteiger charge is 2.31. The topological polar surface area (TPSA) is 100 Å². The average Bonchev–Trinajstić information content (AvgIpc) is 3.34. The first-order valence-corrected chi connectivity index (χ1v) is 11.8. The molecule has 1 fully saturated rings. The predicted octanol–water partition coefficient (Wildman–Crippen LogP) is 3.91. The second kappa shape index (κ2) is 8.32. The molecule has 0 bridgehead atoms. The van der Waals surface area contributed by atoms with E-state index in [1.54, 1.807) is 31.8 Å². The number of hydrogen-bond donors (Lipinski definition) is 1. The lowest BCUT2D eigenvalue weighted by molar-refractivity contribution is 0.0521. The number of fused-ring (bicyclic) bond motifs is 3. The average molecular weight is 465 g/mol. The molecule has 1 aliphatic rings. The maximum absolute atomic E-state index is 11.1. The fourth-order valence-corrected chi connectivity index (χ4v) is 5.32. The largest absolute Gasteiger partial charge is 0.480 e. The van der Waals surface area contributed by atoms with Gasteiger partial charge in [0.25, 0.3) is 0 Å². The van der Waals surface area contributed by atoms with Gasteiger partial charge in [-0.3, -0.25) is 4.98 Å². The molecule has 0 spiro atoms. The van der Waals surface area contributed by atoms with Gasteiger partial charge in [0.05, 0.1) is 40.5 Å². The van der Waals surface area contributed by atoms with Crippen molar-refractivity contribution in [1.29, 1.82) is 0 Å². The third-order valence-corrected chi connectivity index (χ3v) is 7.10. The molecule has 4 aromatic rings. The minimum absolute atomic E-state index is 0.153. The molecular formula is C25H32N6O3. The summed E-state index contributed by atoms with van der Waals surface area (Å²) in [6.07, 6.45) is 5.55. The summed E-state index contributed by atoms with van der Waals surface area (Å²) in [6, 6.07) is 2.30. The second-order valence-electron chi connectivity index (χ2n) is 9.76. The molecular weight excluding hydrogens is 432 g/mol. The maximum Gasteiger partial charge on any atom is 0.224 e. The van der Waals surface area contributed by atoms with Crippen LogP contribution in [-0.2, 0) is 17.4 Å². The number of ether oxygens (including phenoxy) is 2. The van der Waals surface area contributed by atoms with Gasteiger partial charge in [-0.2, -0.15) is 0 Å². The third kappa shape index (κ3) is 3.54. The molecule has 1 N–H and O–H groups in total. The SMILES string of the molecule is COc1ncc(C(C)(C)O)c2c1c1ncc(-c3c(C)nnn3C)cc1n2[C@H](C)C1CCOCC1. The fraction of sp³-hybridized carbons (Fsp3) is 0.520. The van der Waals surface area contributed by atoms with E-state index in [0.29, 0.717) is 11.8 Å². The summed E-state index contributed by atoms with van der Waals surface area (Å²) in [5, 5.41) is 20.3. The highest BCUT2D eigenvalue weighted by Crippen LogP contribution is 2.43. The Morgan fingerprint density at radius 1 is 1.21 bits per heavy atom. The quantitative estimate of drug-likeness (QED) is 0.478. The Morgan fingerprint density at radius 2 is 1.94 bits per heavy atom. The van der Waals surface area contributed by atoms with Crippen LogP contribution in [0.25, 0.3) is 33.2 Å². The monoisotopic (exact) mass is 464 g/mol. The summed E-state index contributed by atoms with van der Waals surface area (Å²) < 4.78 is 15.4. The standard InChI is InChI=1S/C25H32N6O3/c1-14-22(30(5)29-28-14)17-11-19-21(26-12-17)20-23(18(25(3,4)32)13-27-24(20)33-6)31(19)15(2)16-7-9-34-10-8-16/h11-13,15-16,32H,7-10H2,1-6H3/t15-/m1/s1. The lowest BCUT2D eigenvalue weighted by atomic mass is 9.92. The summed E-state index contributed by atoms with van der Waals surface area (Å²) in [5.41, 5.74) is 5.07. The summed E-state index contributed by atoms with van der Waals surface area (Å²) in [6.45, 7) is 9.31. The number of methoxy groups -OCH3 is 1. The molecule has 0 saturated carbocycles. The molecule has 4 aromatic heterocycles. The molecule has 34 heavy (non-hydrogen) atoms. The molecule has 180 valence electrons. The van der Waals surface area contributed by atoms with Crippen molar-refractivity contribution in [1.82, 2.24) is 29.5 Å². The van der Waals surface area contributed by atoms with E-state index in [0.717, 1.165) is 70.5 Å². The first-order valence-electron chi connectivity index (χ1n) is 11.8. The van der Waals surface area contributed by atoms with E-state index in [-0.39, 0.29) is 6.04 Å². The van der Waals surface area contributed by atoms with Gasteiger partial charge in [0.1, 0.15) is 5.52 Å². The number of aryl methyl sites for hydroxylation is 2. The minimum Gasteiger partial charge on any atom is -0.480 e. The summed E-state index contributed by atoms with van der Waals surface area (Å²) in [4.78, 5) is 9.46. The number of aromatic nitrogens is 6. The molecule has 9 nitrogen and oxygen atoms in total. The van der Waals surface area contributed by atoms with Crippen LogP contribution in [0.5, 0.6) is 5.88 Å². The van der Waals surface area contributed by atoms with E-state index in [9.17, 15) is 5.11 Å². The van der Waals surface area contributed by atoms with Crippen molar-refractivity contribution < 1.29 is 14.6 Å².